The van der Waals surface area contributed by atoms with E-state index < -0.39 is 5.97 Å². The molecule has 1 aromatic heterocycles. The van der Waals surface area contributed by atoms with Gasteiger partial charge in [-0.25, -0.2) is 4.79 Å². The second-order valence-corrected chi connectivity index (χ2v) is 6.23. The second-order valence-electron chi connectivity index (χ2n) is 5.79. The van der Waals surface area contributed by atoms with Crippen molar-refractivity contribution in [2.24, 2.45) is 0 Å². The first-order chi connectivity index (χ1) is 11.7. The average Bonchev–Trinajstić information content (AvgIpc) is 3.25. The molecule has 0 saturated carbocycles. The number of hydrogen-bond acceptors (Lipinski definition) is 5. The van der Waals surface area contributed by atoms with Crippen LogP contribution >= 0.6 is 11.6 Å². The first-order valence-corrected chi connectivity index (χ1v) is 8.32. The monoisotopic (exact) mass is 349 g/mol. The van der Waals surface area contributed by atoms with Gasteiger partial charge in [-0.15, -0.1) is 0 Å². The Balaban J connectivity index is 1.60. The van der Waals surface area contributed by atoms with Gasteiger partial charge in [0.1, 0.15) is 23.7 Å². The third-order valence-corrected chi connectivity index (χ3v) is 4.46. The maximum absolute atomic E-state index is 12.4. The number of benzene rings is 1. The van der Waals surface area contributed by atoms with E-state index in [0.717, 1.165) is 31.7 Å². The summed E-state index contributed by atoms with van der Waals surface area (Å²) in [6, 6.07) is 8.95. The van der Waals surface area contributed by atoms with Gasteiger partial charge >= 0.3 is 5.97 Å². The van der Waals surface area contributed by atoms with Crippen molar-refractivity contribution in [2.45, 2.75) is 25.4 Å². The van der Waals surface area contributed by atoms with Crippen molar-refractivity contribution >= 4 is 17.6 Å². The molecular formula is C18H20ClNO4. The van der Waals surface area contributed by atoms with Gasteiger partial charge in [-0.05, 0) is 49.7 Å². The van der Waals surface area contributed by atoms with Crippen molar-refractivity contribution in [1.82, 2.24) is 4.90 Å². The Hall–Kier alpha value is -1.98. The molecule has 0 aliphatic carbocycles. The summed E-state index contributed by atoms with van der Waals surface area (Å²) in [5, 5.41) is 0.475. The minimum atomic E-state index is -0.417. The quantitative estimate of drug-likeness (QED) is 0.743. The van der Waals surface area contributed by atoms with Gasteiger partial charge < -0.3 is 13.9 Å². The lowest BCUT2D eigenvalue weighted by atomic mass is 10.2. The third kappa shape index (κ3) is 3.91. The summed E-state index contributed by atoms with van der Waals surface area (Å²) < 4.78 is 16.1. The molecule has 1 aliphatic heterocycles. The van der Waals surface area contributed by atoms with Crippen LogP contribution in [0.1, 0.15) is 29.0 Å². The van der Waals surface area contributed by atoms with Gasteiger partial charge in [0.05, 0.1) is 19.9 Å². The lowest BCUT2D eigenvalue weighted by molar-refractivity contribution is 0.0382. The molecule has 0 radical (unpaired) electrons. The van der Waals surface area contributed by atoms with Crippen LogP contribution in [0.2, 0.25) is 5.02 Å². The van der Waals surface area contributed by atoms with E-state index in [-0.39, 0.29) is 6.04 Å². The Morgan fingerprint density at radius 1 is 1.42 bits per heavy atom. The summed E-state index contributed by atoms with van der Waals surface area (Å²) in [6.45, 7) is 2.05. The number of nitrogens with zero attached hydrogens (tertiary/aromatic N) is 1. The van der Waals surface area contributed by atoms with Crippen LogP contribution in [0, 0.1) is 0 Å². The SMILES string of the molecule is COc1ccc(Cl)cc1C(=O)OC[C@@H]1CCCN1Cc1ccco1. The Bertz CT molecular complexity index is 686. The largest absolute Gasteiger partial charge is 0.496 e. The van der Waals surface area contributed by atoms with E-state index in [9.17, 15) is 4.79 Å². The maximum atomic E-state index is 12.4. The van der Waals surface area contributed by atoms with Crippen LogP contribution in [0.3, 0.4) is 0 Å². The molecular weight excluding hydrogens is 330 g/mol. The molecule has 0 bridgehead atoms. The molecule has 3 rings (SSSR count). The van der Waals surface area contributed by atoms with Gasteiger partial charge in [0.15, 0.2) is 0 Å². The number of ether oxygens (including phenoxy) is 2. The van der Waals surface area contributed by atoms with Crippen molar-refractivity contribution in [3.8, 4) is 5.75 Å². The van der Waals surface area contributed by atoms with Gasteiger partial charge in [-0.2, -0.15) is 0 Å². The number of likely N-dealkylation sites (tertiary alicyclic amines) is 1. The predicted molar refractivity (Wildman–Crippen MR) is 90.4 cm³/mol. The van der Waals surface area contributed by atoms with Crippen LogP contribution in [-0.4, -0.2) is 37.2 Å². The molecule has 24 heavy (non-hydrogen) atoms. The zero-order valence-electron chi connectivity index (χ0n) is 13.5. The molecule has 6 heteroatoms. The van der Waals surface area contributed by atoms with Crippen LogP contribution in [0.4, 0.5) is 0 Å². The Morgan fingerprint density at radius 2 is 2.29 bits per heavy atom. The fourth-order valence-electron chi connectivity index (χ4n) is 2.98. The zero-order chi connectivity index (χ0) is 16.9. The number of methoxy groups -OCH3 is 1. The first kappa shape index (κ1) is 16.9. The van der Waals surface area contributed by atoms with Gasteiger partial charge in [-0.3, -0.25) is 4.90 Å². The highest BCUT2D eigenvalue weighted by atomic mass is 35.5. The number of halogens is 1. The van der Waals surface area contributed by atoms with E-state index >= 15 is 0 Å². The summed E-state index contributed by atoms with van der Waals surface area (Å²) >= 11 is 5.97. The van der Waals surface area contributed by atoms with Crippen LogP contribution < -0.4 is 4.74 Å². The van der Waals surface area contributed by atoms with Crippen molar-refractivity contribution in [3.63, 3.8) is 0 Å². The van der Waals surface area contributed by atoms with Gasteiger partial charge in [0.2, 0.25) is 0 Å². The normalized spacial score (nSPS) is 17.8. The van der Waals surface area contributed by atoms with E-state index in [2.05, 4.69) is 4.90 Å². The van der Waals surface area contributed by atoms with Crippen molar-refractivity contribution in [2.75, 3.05) is 20.3 Å². The van der Waals surface area contributed by atoms with E-state index in [1.807, 2.05) is 12.1 Å². The molecule has 5 nitrogen and oxygen atoms in total. The second kappa shape index (κ2) is 7.73. The predicted octanol–water partition coefficient (Wildman–Crippen LogP) is 3.76. The summed E-state index contributed by atoms with van der Waals surface area (Å²) in [4.78, 5) is 14.6. The van der Waals surface area contributed by atoms with E-state index in [1.54, 1.807) is 24.5 Å². The highest BCUT2D eigenvalue weighted by Crippen LogP contribution is 2.25. The minimum absolute atomic E-state index is 0.198. The Labute approximate surface area is 146 Å². The Morgan fingerprint density at radius 3 is 3.04 bits per heavy atom. The zero-order valence-corrected chi connectivity index (χ0v) is 14.3. The molecule has 128 valence electrons. The highest BCUT2D eigenvalue weighted by molar-refractivity contribution is 6.31. The minimum Gasteiger partial charge on any atom is -0.496 e. The van der Waals surface area contributed by atoms with Crippen LogP contribution in [-0.2, 0) is 11.3 Å². The molecule has 1 atom stereocenters. The highest BCUT2D eigenvalue weighted by Gasteiger charge is 2.27. The van der Waals surface area contributed by atoms with Gasteiger partial charge in [-0.1, -0.05) is 11.6 Å². The van der Waals surface area contributed by atoms with Crippen LogP contribution in [0.15, 0.2) is 41.0 Å². The molecule has 0 amide bonds. The van der Waals surface area contributed by atoms with Crippen molar-refractivity contribution < 1.29 is 18.7 Å². The molecule has 0 N–H and O–H groups in total. The topological polar surface area (TPSA) is 51.9 Å². The van der Waals surface area contributed by atoms with Crippen molar-refractivity contribution in [1.29, 1.82) is 0 Å². The molecule has 0 unspecified atom stereocenters. The number of furan rings is 1. The van der Waals surface area contributed by atoms with E-state index in [0.29, 0.717) is 22.9 Å². The van der Waals surface area contributed by atoms with E-state index in [1.165, 1.54) is 7.11 Å². The smallest absolute Gasteiger partial charge is 0.342 e. The van der Waals surface area contributed by atoms with Crippen LogP contribution in [0.25, 0.3) is 0 Å². The number of rotatable bonds is 6. The summed E-state index contributed by atoms with van der Waals surface area (Å²) in [6.07, 6.45) is 3.76. The molecule has 1 saturated heterocycles. The summed E-state index contributed by atoms with van der Waals surface area (Å²) in [5.41, 5.74) is 0.348. The summed E-state index contributed by atoms with van der Waals surface area (Å²) in [7, 11) is 1.52. The van der Waals surface area contributed by atoms with E-state index in [4.69, 9.17) is 25.5 Å². The van der Waals surface area contributed by atoms with Gasteiger partial charge in [0.25, 0.3) is 0 Å². The molecule has 1 aliphatic rings. The fraction of sp³-hybridized carbons (Fsp3) is 0.389. The Kier molecular flexibility index (Phi) is 5.43. The molecule has 2 heterocycles. The standard InChI is InChI=1S/C18H20ClNO4/c1-22-17-7-6-13(19)10-16(17)18(21)24-12-14-4-2-8-20(14)11-15-5-3-9-23-15/h3,5-7,9-10,14H,2,4,8,11-12H2,1H3/t14-/m0/s1. The number of hydrogen-bond donors (Lipinski definition) is 0. The molecule has 1 fully saturated rings. The lowest BCUT2D eigenvalue weighted by Gasteiger charge is -2.23. The molecule has 2 aromatic rings. The average molecular weight is 350 g/mol. The number of carbonyl (C=O) groups excluding carboxylic acids is 1. The first-order valence-electron chi connectivity index (χ1n) is 7.94. The summed E-state index contributed by atoms with van der Waals surface area (Å²) in [5.74, 6) is 0.965. The van der Waals surface area contributed by atoms with Gasteiger partial charge in [0, 0.05) is 11.1 Å². The van der Waals surface area contributed by atoms with Crippen LogP contribution in [0.5, 0.6) is 5.75 Å². The molecule has 1 aromatic carbocycles. The lowest BCUT2D eigenvalue weighted by Crippen LogP contribution is -2.33. The van der Waals surface area contributed by atoms with Crippen molar-refractivity contribution in [3.05, 3.63) is 52.9 Å². The number of esters is 1. The number of carbonyl (C=O) groups is 1. The fourth-order valence-corrected chi connectivity index (χ4v) is 3.16. The maximum Gasteiger partial charge on any atom is 0.342 e. The molecule has 0 spiro atoms. The third-order valence-electron chi connectivity index (χ3n) is 4.23.